The fourth-order valence-corrected chi connectivity index (χ4v) is 5.72. The van der Waals surface area contributed by atoms with Gasteiger partial charge in [0.2, 0.25) is 0 Å². The normalized spacial score (nSPS) is 29.1. The summed E-state index contributed by atoms with van der Waals surface area (Å²) in [6, 6.07) is 2.21. The Hall–Kier alpha value is -0.580. The zero-order chi connectivity index (χ0) is 16.2. The second-order valence-electron chi connectivity index (χ2n) is 8.75. The molecular formula is C19H29ClN2OS. The lowest BCUT2D eigenvalue weighted by Crippen LogP contribution is -2.31. The van der Waals surface area contributed by atoms with Crippen LogP contribution in [0.5, 0.6) is 0 Å². The number of hydrogen-bond donors (Lipinski definition) is 1. The van der Waals surface area contributed by atoms with Crippen molar-refractivity contribution >= 4 is 29.7 Å². The van der Waals surface area contributed by atoms with Crippen molar-refractivity contribution in [3.05, 3.63) is 21.4 Å². The minimum absolute atomic E-state index is 0. The van der Waals surface area contributed by atoms with Crippen LogP contribution in [0.1, 0.15) is 47.3 Å². The Morgan fingerprint density at radius 3 is 2.54 bits per heavy atom. The molecule has 4 rings (SSSR count). The van der Waals surface area contributed by atoms with Gasteiger partial charge in [-0.2, -0.15) is 0 Å². The molecule has 0 radical (unpaired) electrons. The van der Waals surface area contributed by atoms with Crippen molar-refractivity contribution < 1.29 is 4.79 Å². The standard InChI is InChI=1S/C19H28N2OS.ClH/c1-19(2,3)15-4-5-16-12(6-15)7-17(23-16)18(22)21-10-13-8-20-9-14(13)11-21;/h7,13-15,20H,4-6,8-11H2,1-3H3;1H/t13-,14+,15?;. The molecule has 2 saturated heterocycles. The molecule has 1 aromatic rings. The number of carbonyl (C=O) groups is 1. The van der Waals surface area contributed by atoms with Crippen molar-refractivity contribution in [2.24, 2.45) is 23.2 Å². The predicted octanol–water partition coefficient (Wildman–Crippen LogP) is 3.61. The zero-order valence-electron chi connectivity index (χ0n) is 14.9. The van der Waals surface area contributed by atoms with Gasteiger partial charge >= 0.3 is 0 Å². The number of rotatable bonds is 1. The number of halogens is 1. The van der Waals surface area contributed by atoms with E-state index in [0.29, 0.717) is 17.3 Å². The summed E-state index contributed by atoms with van der Waals surface area (Å²) in [6.07, 6.45) is 3.58. The fourth-order valence-electron chi connectivity index (χ4n) is 4.55. The number of likely N-dealkylation sites (tertiary alicyclic amines) is 1. The molecule has 1 unspecified atom stereocenters. The summed E-state index contributed by atoms with van der Waals surface area (Å²) < 4.78 is 0. The van der Waals surface area contributed by atoms with Crippen LogP contribution in [-0.2, 0) is 12.8 Å². The highest BCUT2D eigenvalue weighted by molar-refractivity contribution is 7.14. The van der Waals surface area contributed by atoms with E-state index in [9.17, 15) is 4.79 Å². The van der Waals surface area contributed by atoms with Crippen LogP contribution in [0.3, 0.4) is 0 Å². The third-order valence-electron chi connectivity index (χ3n) is 6.20. The predicted molar refractivity (Wildman–Crippen MR) is 102 cm³/mol. The van der Waals surface area contributed by atoms with Gasteiger partial charge in [0, 0.05) is 31.1 Å². The summed E-state index contributed by atoms with van der Waals surface area (Å²) in [5.74, 6) is 2.38. The molecule has 1 aliphatic carbocycles. The molecule has 5 heteroatoms. The number of nitrogens with zero attached hydrogens (tertiary/aromatic N) is 1. The maximum atomic E-state index is 12.9. The molecule has 3 nitrogen and oxygen atoms in total. The first-order valence-electron chi connectivity index (χ1n) is 9.03. The highest BCUT2D eigenvalue weighted by atomic mass is 35.5. The molecule has 2 aliphatic heterocycles. The molecule has 134 valence electrons. The quantitative estimate of drug-likeness (QED) is 0.821. The van der Waals surface area contributed by atoms with Crippen LogP contribution in [0, 0.1) is 23.2 Å². The molecule has 3 atom stereocenters. The molecule has 0 spiro atoms. The van der Waals surface area contributed by atoms with E-state index >= 15 is 0 Å². The van der Waals surface area contributed by atoms with Gasteiger partial charge in [-0.15, -0.1) is 23.7 Å². The lowest BCUT2D eigenvalue weighted by Gasteiger charge is -2.33. The van der Waals surface area contributed by atoms with Crippen molar-refractivity contribution in [2.45, 2.75) is 40.0 Å². The van der Waals surface area contributed by atoms with Gasteiger partial charge in [-0.25, -0.2) is 0 Å². The van der Waals surface area contributed by atoms with Gasteiger partial charge in [0.1, 0.15) is 0 Å². The van der Waals surface area contributed by atoms with Gasteiger partial charge in [0.05, 0.1) is 4.88 Å². The van der Waals surface area contributed by atoms with Crippen molar-refractivity contribution in [1.82, 2.24) is 10.2 Å². The molecule has 3 aliphatic rings. The van der Waals surface area contributed by atoms with Gasteiger partial charge in [0.25, 0.3) is 5.91 Å². The first-order chi connectivity index (χ1) is 10.9. The molecule has 3 heterocycles. The summed E-state index contributed by atoms with van der Waals surface area (Å²) in [5, 5.41) is 3.45. The molecular weight excluding hydrogens is 340 g/mol. The Bertz CT molecular complexity index is 609. The third-order valence-corrected chi connectivity index (χ3v) is 7.42. The maximum Gasteiger partial charge on any atom is 0.263 e. The molecule has 2 fully saturated rings. The molecule has 24 heavy (non-hydrogen) atoms. The lowest BCUT2D eigenvalue weighted by molar-refractivity contribution is 0.0786. The average molecular weight is 369 g/mol. The highest BCUT2D eigenvalue weighted by Gasteiger charge is 2.39. The second-order valence-corrected chi connectivity index (χ2v) is 9.89. The SMILES string of the molecule is CC(C)(C)C1CCc2sc(C(=O)N3C[C@H]4CNC[C@H]4C3)cc2C1.Cl. The summed E-state index contributed by atoms with van der Waals surface area (Å²) in [4.78, 5) is 17.4. The van der Waals surface area contributed by atoms with Crippen LogP contribution in [0.25, 0.3) is 0 Å². The van der Waals surface area contributed by atoms with Gasteiger partial charge in [-0.1, -0.05) is 20.8 Å². The van der Waals surface area contributed by atoms with E-state index in [0.717, 1.165) is 49.8 Å². The van der Waals surface area contributed by atoms with E-state index < -0.39 is 0 Å². The Morgan fingerprint density at radius 1 is 1.25 bits per heavy atom. The van der Waals surface area contributed by atoms with Crippen LogP contribution in [-0.4, -0.2) is 37.0 Å². The van der Waals surface area contributed by atoms with Crippen molar-refractivity contribution in [1.29, 1.82) is 0 Å². The number of nitrogens with one attached hydrogen (secondary N) is 1. The van der Waals surface area contributed by atoms with E-state index in [4.69, 9.17) is 0 Å². The smallest absolute Gasteiger partial charge is 0.263 e. The van der Waals surface area contributed by atoms with E-state index in [2.05, 4.69) is 37.1 Å². The van der Waals surface area contributed by atoms with Gasteiger partial charge in [-0.05, 0) is 54.1 Å². The highest BCUT2D eigenvalue weighted by Crippen LogP contribution is 2.40. The molecule has 0 saturated carbocycles. The molecule has 0 bridgehead atoms. The summed E-state index contributed by atoms with van der Waals surface area (Å²) in [7, 11) is 0. The van der Waals surface area contributed by atoms with Crippen LogP contribution in [0.4, 0.5) is 0 Å². The third kappa shape index (κ3) is 3.25. The molecule has 1 N–H and O–H groups in total. The second kappa shape index (κ2) is 6.62. The number of hydrogen-bond acceptors (Lipinski definition) is 3. The van der Waals surface area contributed by atoms with Crippen LogP contribution < -0.4 is 5.32 Å². The minimum Gasteiger partial charge on any atom is -0.337 e. The van der Waals surface area contributed by atoms with Crippen molar-refractivity contribution in [3.8, 4) is 0 Å². The first kappa shape index (κ1) is 18.2. The number of aryl methyl sites for hydroxylation is 1. The van der Waals surface area contributed by atoms with Crippen LogP contribution in [0.2, 0.25) is 0 Å². The Kier molecular flexibility index (Phi) is 5.03. The topological polar surface area (TPSA) is 32.3 Å². The Labute approximate surface area is 155 Å². The lowest BCUT2D eigenvalue weighted by atomic mass is 9.72. The van der Waals surface area contributed by atoms with Crippen LogP contribution >= 0.6 is 23.7 Å². The number of carbonyl (C=O) groups excluding carboxylic acids is 1. The molecule has 0 aromatic carbocycles. The fraction of sp³-hybridized carbons (Fsp3) is 0.737. The van der Waals surface area contributed by atoms with E-state index in [-0.39, 0.29) is 18.3 Å². The summed E-state index contributed by atoms with van der Waals surface area (Å²) in [5.41, 5.74) is 1.81. The Morgan fingerprint density at radius 2 is 1.92 bits per heavy atom. The minimum atomic E-state index is 0. The zero-order valence-corrected chi connectivity index (χ0v) is 16.6. The van der Waals surface area contributed by atoms with Crippen LogP contribution in [0.15, 0.2) is 6.07 Å². The summed E-state index contributed by atoms with van der Waals surface area (Å²) in [6.45, 7) is 11.1. The van der Waals surface area contributed by atoms with Crippen molar-refractivity contribution in [3.63, 3.8) is 0 Å². The Balaban J connectivity index is 0.00000169. The van der Waals surface area contributed by atoms with Gasteiger partial charge in [0.15, 0.2) is 0 Å². The molecule has 1 aromatic heterocycles. The largest absolute Gasteiger partial charge is 0.337 e. The number of thiophene rings is 1. The maximum absolute atomic E-state index is 12.9. The van der Waals surface area contributed by atoms with E-state index in [1.165, 1.54) is 16.9 Å². The van der Waals surface area contributed by atoms with E-state index in [1.54, 1.807) is 11.3 Å². The van der Waals surface area contributed by atoms with Crippen molar-refractivity contribution in [2.75, 3.05) is 26.2 Å². The van der Waals surface area contributed by atoms with Gasteiger partial charge < -0.3 is 10.2 Å². The van der Waals surface area contributed by atoms with Gasteiger partial charge in [-0.3, -0.25) is 4.79 Å². The number of fused-ring (bicyclic) bond motifs is 2. The number of amides is 1. The average Bonchev–Trinajstić information content (AvgIpc) is 3.17. The summed E-state index contributed by atoms with van der Waals surface area (Å²) >= 11 is 1.76. The molecule has 1 amide bonds. The first-order valence-corrected chi connectivity index (χ1v) is 9.85. The van der Waals surface area contributed by atoms with E-state index in [1.807, 2.05) is 0 Å². The monoisotopic (exact) mass is 368 g/mol.